The highest BCUT2D eigenvalue weighted by atomic mass is 19.1. The van der Waals surface area contributed by atoms with Crippen LogP contribution in [0.5, 0.6) is 5.75 Å². The van der Waals surface area contributed by atoms with Crippen LogP contribution in [0.15, 0.2) is 42.5 Å². The first-order valence-corrected chi connectivity index (χ1v) is 6.61. The topological polar surface area (TPSA) is 58.6 Å². The first kappa shape index (κ1) is 13.6. The lowest BCUT2D eigenvalue weighted by Gasteiger charge is -2.20. The SMILES string of the molecule is O=C1COc2ccc(C(O)Cc3ccc(F)cc3)cc2N1. The summed E-state index contributed by atoms with van der Waals surface area (Å²) < 4.78 is 18.1. The zero-order valence-corrected chi connectivity index (χ0v) is 11.2. The fourth-order valence-corrected chi connectivity index (χ4v) is 2.27. The molecule has 0 radical (unpaired) electrons. The Balaban J connectivity index is 1.78. The molecule has 108 valence electrons. The van der Waals surface area contributed by atoms with E-state index in [9.17, 15) is 14.3 Å². The van der Waals surface area contributed by atoms with Crippen LogP contribution >= 0.6 is 0 Å². The van der Waals surface area contributed by atoms with Crippen LogP contribution in [-0.2, 0) is 11.2 Å². The first-order chi connectivity index (χ1) is 10.1. The van der Waals surface area contributed by atoms with Gasteiger partial charge in [0.1, 0.15) is 11.6 Å². The van der Waals surface area contributed by atoms with Crippen molar-refractivity contribution in [3.05, 3.63) is 59.4 Å². The first-order valence-electron chi connectivity index (χ1n) is 6.61. The molecule has 1 aliphatic rings. The van der Waals surface area contributed by atoms with E-state index in [2.05, 4.69) is 5.32 Å². The summed E-state index contributed by atoms with van der Waals surface area (Å²) in [7, 11) is 0. The molecule has 0 spiro atoms. The fraction of sp³-hybridized carbons (Fsp3) is 0.188. The maximum atomic E-state index is 12.9. The number of hydrogen-bond acceptors (Lipinski definition) is 3. The molecule has 2 aromatic carbocycles. The summed E-state index contributed by atoms with van der Waals surface area (Å²) in [6.45, 7) is 0.00444. The molecule has 0 aliphatic carbocycles. The Hall–Kier alpha value is -2.40. The molecule has 0 aromatic heterocycles. The molecule has 1 amide bonds. The van der Waals surface area contributed by atoms with Crippen molar-refractivity contribution in [3.63, 3.8) is 0 Å². The minimum absolute atomic E-state index is 0.00444. The van der Waals surface area contributed by atoms with E-state index in [1.165, 1.54) is 12.1 Å². The van der Waals surface area contributed by atoms with Gasteiger partial charge in [-0.25, -0.2) is 4.39 Å². The molecule has 1 atom stereocenters. The van der Waals surface area contributed by atoms with Crippen molar-refractivity contribution in [2.75, 3.05) is 11.9 Å². The average molecular weight is 287 g/mol. The van der Waals surface area contributed by atoms with E-state index in [1.807, 2.05) is 0 Å². The number of hydrogen-bond donors (Lipinski definition) is 2. The van der Waals surface area contributed by atoms with Crippen molar-refractivity contribution in [1.29, 1.82) is 0 Å². The van der Waals surface area contributed by atoms with Gasteiger partial charge in [0.25, 0.3) is 5.91 Å². The van der Waals surface area contributed by atoms with E-state index in [-0.39, 0.29) is 18.3 Å². The van der Waals surface area contributed by atoms with E-state index in [1.54, 1.807) is 30.3 Å². The molecule has 0 bridgehead atoms. The molecule has 0 saturated heterocycles. The van der Waals surface area contributed by atoms with Crippen LogP contribution in [0.25, 0.3) is 0 Å². The Morgan fingerprint density at radius 1 is 1.24 bits per heavy atom. The highest BCUT2D eigenvalue weighted by Gasteiger charge is 2.18. The number of anilines is 1. The Morgan fingerprint density at radius 2 is 2.00 bits per heavy atom. The highest BCUT2D eigenvalue weighted by Crippen LogP contribution is 2.31. The van der Waals surface area contributed by atoms with Crippen LogP contribution in [0.3, 0.4) is 0 Å². The third-order valence-electron chi connectivity index (χ3n) is 3.36. The molecule has 1 unspecified atom stereocenters. The normalized spacial score (nSPS) is 14.9. The smallest absolute Gasteiger partial charge is 0.262 e. The molecule has 1 aliphatic heterocycles. The molecule has 3 rings (SSSR count). The molecule has 2 N–H and O–H groups in total. The molecule has 5 heteroatoms. The number of aliphatic hydroxyl groups is 1. The fourth-order valence-electron chi connectivity index (χ4n) is 2.27. The predicted octanol–water partition coefficient (Wildman–Crippen LogP) is 2.43. The minimum atomic E-state index is -0.736. The summed E-state index contributed by atoms with van der Waals surface area (Å²) in [5, 5.41) is 13.0. The quantitative estimate of drug-likeness (QED) is 0.911. The van der Waals surface area contributed by atoms with Crippen molar-refractivity contribution < 1.29 is 19.0 Å². The van der Waals surface area contributed by atoms with Gasteiger partial charge in [-0.05, 0) is 35.4 Å². The Labute approximate surface area is 121 Å². The summed E-state index contributed by atoms with van der Waals surface area (Å²) in [5.41, 5.74) is 2.06. The highest BCUT2D eigenvalue weighted by molar-refractivity contribution is 5.95. The number of carbonyl (C=O) groups is 1. The molecule has 4 nitrogen and oxygen atoms in total. The number of aliphatic hydroxyl groups excluding tert-OH is 1. The maximum absolute atomic E-state index is 12.9. The van der Waals surface area contributed by atoms with Gasteiger partial charge in [-0.1, -0.05) is 18.2 Å². The summed E-state index contributed by atoms with van der Waals surface area (Å²) in [6, 6.07) is 11.2. The van der Waals surface area contributed by atoms with Crippen LogP contribution in [0.4, 0.5) is 10.1 Å². The lowest BCUT2D eigenvalue weighted by Crippen LogP contribution is -2.25. The van der Waals surface area contributed by atoms with Crippen molar-refractivity contribution in [2.45, 2.75) is 12.5 Å². The number of rotatable bonds is 3. The van der Waals surface area contributed by atoms with E-state index in [4.69, 9.17) is 4.74 Å². The molecule has 2 aromatic rings. The zero-order valence-electron chi connectivity index (χ0n) is 11.2. The molecule has 0 saturated carbocycles. The maximum Gasteiger partial charge on any atom is 0.262 e. The second kappa shape index (κ2) is 5.54. The lowest BCUT2D eigenvalue weighted by molar-refractivity contribution is -0.118. The summed E-state index contributed by atoms with van der Waals surface area (Å²) in [4.78, 5) is 11.3. The Bertz CT molecular complexity index is 670. The van der Waals surface area contributed by atoms with E-state index >= 15 is 0 Å². The van der Waals surface area contributed by atoms with Gasteiger partial charge in [0.05, 0.1) is 11.8 Å². The summed E-state index contributed by atoms with van der Waals surface area (Å²) in [5.74, 6) is 0.0712. The monoisotopic (exact) mass is 287 g/mol. The van der Waals surface area contributed by atoms with Gasteiger partial charge in [0, 0.05) is 6.42 Å². The standard InChI is InChI=1S/C16H14FNO3/c17-12-4-1-10(2-5-12)7-14(19)11-3-6-15-13(8-11)18-16(20)9-21-15/h1-6,8,14,19H,7,9H2,(H,18,20). The van der Waals surface area contributed by atoms with Crippen LogP contribution < -0.4 is 10.1 Å². The zero-order chi connectivity index (χ0) is 14.8. The number of fused-ring (bicyclic) bond motifs is 1. The van der Waals surface area contributed by atoms with Gasteiger partial charge >= 0.3 is 0 Å². The van der Waals surface area contributed by atoms with E-state index < -0.39 is 6.10 Å². The van der Waals surface area contributed by atoms with Gasteiger partial charge in [-0.15, -0.1) is 0 Å². The molecular weight excluding hydrogens is 273 g/mol. The minimum Gasteiger partial charge on any atom is -0.482 e. The summed E-state index contributed by atoms with van der Waals surface area (Å²) in [6.07, 6.45) is -0.368. The Morgan fingerprint density at radius 3 is 2.76 bits per heavy atom. The predicted molar refractivity (Wildman–Crippen MR) is 75.6 cm³/mol. The van der Waals surface area contributed by atoms with Crippen molar-refractivity contribution in [3.8, 4) is 5.75 Å². The lowest BCUT2D eigenvalue weighted by atomic mass is 10.0. The number of ether oxygens (including phenoxy) is 1. The third-order valence-corrected chi connectivity index (χ3v) is 3.36. The van der Waals surface area contributed by atoms with Crippen LogP contribution in [-0.4, -0.2) is 17.6 Å². The van der Waals surface area contributed by atoms with Gasteiger partial charge < -0.3 is 15.2 Å². The number of halogens is 1. The van der Waals surface area contributed by atoms with Crippen LogP contribution in [0.1, 0.15) is 17.2 Å². The van der Waals surface area contributed by atoms with Gasteiger partial charge in [-0.3, -0.25) is 4.79 Å². The molecule has 1 heterocycles. The van der Waals surface area contributed by atoms with Gasteiger partial charge in [0.15, 0.2) is 6.61 Å². The molecule has 0 fully saturated rings. The van der Waals surface area contributed by atoms with E-state index in [0.717, 1.165) is 5.56 Å². The third kappa shape index (κ3) is 3.03. The van der Waals surface area contributed by atoms with Gasteiger partial charge in [-0.2, -0.15) is 0 Å². The Kier molecular flexibility index (Phi) is 3.58. The van der Waals surface area contributed by atoms with Crippen molar-refractivity contribution in [1.82, 2.24) is 0 Å². The number of benzene rings is 2. The van der Waals surface area contributed by atoms with Crippen molar-refractivity contribution in [2.24, 2.45) is 0 Å². The van der Waals surface area contributed by atoms with Crippen LogP contribution in [0.2, 0.25) is 0 Å². The second-order valence-corrected chi connectivity index (χ2v) is 4.94. The second-order valence-electron chi connectivity index (χ2n) is 4.94. The summed E-state index contributed by atoms with van der Waals surface area (Å²) >= 11 is 0. The van der Waals surface area contributed by atoms with Crippen LogP contribution in [0, 0.1) is 5.82 Å². The number of carbonyl (C=O) groups excluding carboxylic acids is 1. The largest absolute Gasteiger partial charge is 0.482 e. The van der Waals surface area contributed by atoms with E-state index in [0.29, 0.717) is 23.4 Å². The average Bonchev–Trinajstić information content (AvgIpc) is 2.48. The van der Waals surface area contributed by atoms with Crippen molar-refractivity contribution >= 4 is 11.6 Å². The molecule has 21 heavy (non-hydrogen) atoms. The molecular formula is C16H14FNO3. The van der Waals surface area contributed by atoms with Gasteiger partial charge in [0.2, 0.25) is 0 Å². The number of amides is 1. The number of nitrogens with one attached hydrogen (secondary N) is 1.